The quantitative estimate of drug-likeness (QED) is 0.185. The summed E-state index contributed by atoms with van der Waals surface area (Å²) in [6, 6.07) is 61.4. The van der Waals surface area contributed by atoms with Crippen LogP contribution in [-0.4, -0.2) is 0 Å². The lowest BCUT2D eigenvalue weighted by Gasteiger charge is -2.19. The molecule has 9 aromatic carbocycles. The monoisotopic (exact) mass is 596 g/mol. The summed E-state index contributed by atoms with van der Waals surface area (Å²) < 4.78 is 6.97. The average molecular weight is 597 g/mol. The molecule has 0 N–H and O–H groups in total. The van der Waals surface area contributed by atoms with Crippen LogP contribution in [-0.2, 0) is 0 Å². The molecule has 218 valence electrons. The van der Waals surface area contributed by atoms with Gasteiger partial charge in [-0.05, 0) is 89.1 Å². The van der Waals surface area contributed by atoms with Crippen molar-refractivity contribution in [1.29, 1.82) is 0 Å². The molecule has 0 saturated carbocycles. The van der Waals surface area contributed by atoms with Crippen molar-refractivity contribution in [2.24, 2.45) is 0 Å². The van der Waals surface area contributed by atoms with Gasteiger partial charge in [-0.3, -0.25) is 0 Å². The number of rotatable bonds is 3. The van der Waals surface area contributed by atoms with Gasteiger partial charge in [0.15, 0.2) is 0 Å². The Morgan fingerprint density at radius 2 is 0.851 bits per heavy atom. The highest BCUT2D eigenvalue weighted by Gasteiger charge is 2.23. The van der Waals surface area contributed by atoms with Gasteiger partial charge in [0.2, 0.25) is 0 Å². The number of furan rings is 1. The van der Waals surface area contributed by atoms with Crippen LogP contribution in [0.4, 0.5) is 0 Å². The Bertz CT molecular complexity index is 2780. The van der Waals surface area contributed by atoms with Crippen molar-refractivity contribution in [3.05, 3.63) is 170 Å². The Labute approximate surface area is 271 Å². The third-order valence-electron chi connectivity index (χ3n) is 9.83. The molecule has 1 heterocycles. The van der Waals surface area contributed by atoms with E-state index in [0.717, 1.165) is 27.5 Å². The van der Waals surface area contributed by atoms with E-state index < -0.39 is 0 Å². The minimum Gasteiger partial charge on any atom is -0.455 e. The largest absolute Gasteiger partial charge is 0.455 e. The van der Waals surface area contributed by atoms with Crippen molar-refractivity contribution in [3.63, 3.8) is 0 Å². The highest BCUT2D eigenvalue weighted by molar-refractivity contribution is 6.27. The molecule has 0 aliphatic carbocycles. The average Bonchev–Trinajstić information content (AvgIpc) is 3.51. The number of hydrogen-bond donors (Lipinski definition) is 0. The summed E-state index contributed by atoms with van der Waals surface area (Å²) in [6.45, 7) is 0. The molecule has 0 saturated heterocycles. The van der Waals surface area contributed by atoms with E-state index in [1.165, 1.54) is 70.9 Å². The van der Waals surface area contributed by atoms with Gasteiger partial charge < -0.3 is 4.42 Å². The first kappa shape index (κ1) is 26.1. The van der Waals surface area contributed by atoms with E-state index in [4.69, 9.17) is 4.42 Å². The highest BCUT2D eigenvalue weighted by Crippen LogP contribution is 2.49. The van der Waals surface area contributed by atoms with Gasteiger partial charge in [0.05, 0.1) is 0 Å². The zero-order valence-electron chi connectivity index (χ0n) is 25.6. The van der Waals surface area contributed by atoms with Crippen molar-refractivity contribution in [2.75, 3.05) is 0 Å². The van der Waals surface area contributed by atoms with E-state index in [9.17, 15) is 0 Å². The van der Waals surface area contributed by atoms with E-state index in [1.807, 2.05) is 0 Å². The van der Waals surface area contributed by atoms with Gasteiger partial charge in [-0.25, -0.2) is 0 Å². The SMILES string of the molecule is c1ccc(-c2c3ccccc3c(-c3ccc(-c4cccc5ccccc45)c4oc5cc6ccccc6cc5c34)c3ccccc23)cc1. The summed E-state index contributed by atoms with van der Waals surface area (Å²) in [7, 11) is 0. The Morgan fingerprint density at radius 3 is 1.55 bits per heavy atom. The minimum absolute atomic E-state index is 0.905. The first-order valence-corrected chi connectivity index (χ1v) is 16.2. The molecule has 0 radical (unpaired) electrons. The molecule has 10 rings (SSSR count). The predicted molar refractivity (Wildman–Crippen MR) is 200 cm³/mol. The van der Waals surface area contributed by atoms with Crippen molar-refractivity contribution in [3.8, 4) is 33.4 Å². The summed E-state index contributed by atoms with van der Waals surface area (Å²) in [5.74, 6) is 0. The summed E-state index contributed by atoms with van der Waals surface area (Å²) in [5, 5.41) is 12.1. The van der Waals surface area contributed by atoms with E-state index in [-0.39, 0.29) is 0 Å². The number of hydrogen-bond acceptors (Lipinski definition) is 1. The van der Waals surface area contributed by atoms with E-state index in [2.05, 4.69) is 170 Å². The maximum atomic E-state index is 6.97. The third kappa shape index (κ3) is 3.90. The second-order valence-electron chi connectivity index (χ2n) is 12.4. The van der Waals surface area contributed by atoms with Crippen LogP contribution in [0, 0.1) is 0 Å². The van der Waals surface area contributed by atoms with Gasteiger partial charge in [0, 0.05) is 16.3 Å². The predicted octanol–water partition coefficient (Wildman–Crippen LogP) is 13.2. The summed E-state index contributed by atoms with van der Waals surface area (Å²) in [6.07, 6.45) is 0. The molecule has 0 fully saturated rings. The summed E-state index contributed by atoms with van der Waals surface area (Å²) >= 11 is 0. The summed E-state index contributed by atoms with van der Waals surface area (Å²) in [4.78, 5) is 0. The van der Waals surface area contributed by atoms with Gasteiger partial charge in [-0.2, -0.15) is 0 Å². The smallest absolute Gasteiger partial charge is 0.143 e. The van der Waals surface area contributed by atoms with Crippen LogP contribution in [0.2, 0.25) is 0 Å². The molecular formula is C46H28O. The van der Waals surface area contributed by atoms with Crippen molar-refractivity contribution in [2.45, 2.75) is 0 Å². The summed E-state index contributed by atoms with van der Waals surface area (Å²) in [5.41, 5.74) is 9.03. The molecule has 47 heavy (non-hydrogen) atoms. The van der Waals surface area contributed by atoms with Gasteiger partial charge in [-0.1, -0.05) is 152 Å². The van der Waals surface area contributed by atoms with Crippen LogP contribution in [0.3, 0.4) is 0 Å². The zero-order valence-corrected chi connectivity index (χ0v) is 25.6. The maximum Gasteiger partial charge on any atom is 0.143 e. The fourth-order valence-corrected chi connectivity index (χ4v) is 7.78. The van der Waals surface area contributed by atoms with Crippen LogP contribution in [0.1, 0.15) is 0 Å². The number of fused-ring (bicyclic) bond motifs is 7. The first-order valence-electron chi connectivity index (χ1n) is 16.2. The van der Waals surface area contributed by atoms with Crippen LogP contribution in [0.5, 0.6) is 0 Å². The molecule has 0 atom stereocenters. The Balaban J connectivity index is 1.39. The van der Waals surface area contributed by atoms with E-state index >= 15 is 0 Å². The van der Waals surface area contributed by atoms with Gasteiger partial charge in [-0.15, -0.1) is 0 Å². The molecule has 0 bridgehead atoms. The third-order valence-corrected chi connectivity index (χ3v) is 9.83. The lowest BCUT2D eigenvalue weighted by molar-refractivity contribution is 0.670. The normalized spacial score (nSPS) is 11.8. The Kier molecular flexibility index (Phi) is 5.64. The van der Waals surface area contributed by atoms with Crippen molar-refractivity contribution < 1.29 is 4.42 Å². The van der Waals surface area contributed by atoms with E-state index in [1.54, 1.807) is 0 Å². The van der Waals surface area contributed by atoms with Gasteiger partial charge in [0.1, 0.15) is 11.2 Å². The van der Waals surface area contributed by atoms with Gasteiger partial charge >= 0.3 is 0 Å². The standard InChI is InChI=1S/C46H28O/c1-2-14-30(15-3-1)43-35-20-8-10-22-37(35)44(38-23-11-9-21-36(38)43)40-26-25-39(34-24-12-18-29-13-6-7-19-33(29)34)46-45(40)41-27-31-16-4-5-17-32(31)28-42(41)47-46/h1-28H. The second-order valence-corrected chi connectivity index (χ2v) is 12.4. The molecule has 1 aromatic heterocycles. The molecule has 10 aromatic rings. The lowest BCUT2D eigenvalue weighted by Crippen LogP contribution is -1.92. The minimum atomic E-state index is 0.905. The zero-order chi connectivity index (χ0) is 30.9. The van der Waals surface area contributed by atoms with Crippen LogP contribution < -0.4 is 0 Å². The van der Waals surface area contributed by atoms with Gasteiger partial charge in [0.25, 0.3) is 0 Å². The fourth-order valence-electron chi connectivity index (χ4n) is 7.78. The molecule has 0 unspecified atom stereocenters. The van der Waals surface area contributed by atoms with E-state index in [0.29, 0.717) is 0 Å². The Hall–Kier alpha value is -6.18. The first-order chi connectivity index (χ1) is 23.3. The molecular weight excluding hydrogens is 569 g/mol. The molecule has 0 amide bonds. The van der Waals surface area contributed by atoms with Crippen LogP contribution >= 0.6 is 0 Å². The second kappa shape index (κ2) is 10.2. The molecule has 0 spiro atoms. The van der Waals surface area contributed by atoms with Crippen LogP contribution in [0.15, 0.2) is 174 Å². The molecule has 1 heteroatoms. The molecule has 0 aliphatic rings. The van der Waals surface area contributed by atoms with Crippen LogP contribution in [0.25, 0.3) is 98.4 Å². The van der Waals surface area contributed by atoms with Crippen molar-refractivity contribution in [1.82, 2.24) is 0 Å². The highest BCUT2D eigenvalue weighted by atomic mass is 16.3. The number of benzene rings is 9. The maximum absolute atomic E-state index is 6.97. The topological polar surface area (TPSA) is 13.1 Å². The van der Waals surface area contributed by atoms with Crippen molar-refractivity contribution >= 4 is 65.0 Å². The molecule has 0 aliphatic heterocycles. The fraction of sp³-hybridized carbons (Fsp3) is 0. The Morgan fingerprint density at radius 1 is 0.319 bits per heavy atom. The lowest BCUT2D eigenvalue weighted by atomic mass is 9.84. The molecule has 1 nitrogen and oxygen atoms in total.